The van der Waals surface area contributed by atoms with Crippen molar-refractivity contribution in [1.29, 1.82) is 0 Å². The number of nitrogen functional groups attached to an aromatic ring is 1. The summed E-state index contributed by atoms with van der Waals surface area (Å²) in [7, 11) is 0. The molecule has 2 rings (SSSR count). The van der Waals surface area contributed by atoms with Crippen molar-refractivity contribution in [3.8, 4) is 0 Å². The van der Waals surface area contributed by atoms with E-state index in [1.54, 1.807) is 12.4 Å². The normalized spacial score (nSPS) is 17.8. The zero-order chi connectivity index (χ0) is 9.97. The van der Waals surface area contributed by atoms with Crippen molar-refractivity contribution in [3.63, 3.8) is 0 Å². The van der Waals surface area contributed by atoms with E-state index in [4.69, 9.17) is 5.73 Å². The van der Waals surface area contributed by atoms with Gasteiger partial charge in [-0.05, 0) is 24.8 Å². The molecule has 1 fully saturated rings. The Bertz CT molecular complexity index is 312. The first-order valence-corrected chi connectivity index (χ1v) is 4.89. The van der Waals surface area contributed by atoms with Crippen LogP contribution >= 0.6 is 0 Å². The lowest BCUT2D eigenvalue weighted by atomic mass is 10.2. The highest BCUT2D eigenvalue weighted by molar-refractivity contribution is 5.64. The van der Waals surface area contributed by atoms with Gasteiger partial charge in [0.2, 0.25) is 0 Å². The number of nitrogens with two attached hydrogens (primary N) is 1. The number of nitrogens with one attached hydrogen (secondary N) is 1. The Labute approximate surface area is 83.2 Å². The second kappa shape index (κ2) is 3.84. The van der Waals surface area contributed by atoms with Crippen LogP contribution in [-0.2, 0) is 0 Å². The van der Waals surface area contributed by atoms with Crippen molar-refractivity contribution in [2.75, 3.05) is 17.6 Å². The van der Waals surface area contributed by atoms with Crippen LogP contribution in [0.2, 0.25) is 0 Å². The molecule has 0 aliphatic heterocycles. The second-order valence-electron chi connectivity index (χ2n) is 3.75. The van der Waals surface area contributed by atoms with Gasteiger partial charge < -0.3 is 16.2 Å². The van der Waals surface area contributed by atoms with Crippen molar-refractivity contribution < 1.29 is 5.11 Å². The van der Waals surface area contributed by atoms with Crippen molar-refractivity contribution in [2.45, 2.75) is 18.9 Å². The number of hydrogen-bond acceptors (Lipinski definition) is 4. The van der Waals surface area contributed by atoms with Crippen molar-refractivity contribution >= 4 is 11.4 Å². The lowest BCUT2D eigenvalue weighted by molar-refractivity contribution is 0.164. The molecule has 1 unspecified atom stereocenters. The summed E-state index contributed by atoms with van der Waals surface area (Å²) in [5.74, 6) is 0.491. The molecule has 4 nitrogen and oxygen atoms in total. The second-order valence-corrected chi connectivity index (χ2v) is 3.75. The van der Waals surface area contributed by atoms with E-state index >= 15 is 0 Å². The molecule has 0 radical (unpaired) electrons. The van der Waals surface area contributed by atoms with Gasteiger partial charge >= 0.3 is 0 Å². The SMILES string of the molecule is Nc1cnccc1NCC(O)C1CC1. The number of rotatable bonds is 4. The summed E-state index contributed by atoms with van der Waals surface area (Å²) in [5.41, 5.74) is 7.16. The van der Waals surface area contributed by atoms with E-state index in [1.165, 1.54) is 0 Å². The van der Waals surface area contributed by atoms with Crippen LogP contribution in [0.15, 0.2) is 18.5 Å². The molecule has 1 saturated carbocycles. The molecule has 1 aromatic rings. The zero-order valence-corrected chi connectivity index (χ0v) is 7.98. The topological polar surface area (TPSA) is 71.2 Å². The van der Waals surface area contributed by atoms with Gasteiger partial charge in [-0.3, -0.25) is 4.98 Å². The minimum Gasteiger partial charge on any atom is -0.396 e. The maximum Gasteiger partial charge on any atom is 0.0740 e. The molecule has 14 heavy (non-hydrogen) atoms. The third kappa shape index (κ3) is 2.14. The maximum absolute atomic E-state index is 9.62. The highest BCUT2D eigenvalue weighted by Crippen LogP contribution is 2.32. The molecule has 1 aliphatic carbocycles. The zero-order valence-electron chi connectivity index (χ0n) is 7.98. The lowest BCUT2D eigenvalue weighted by Gasteiger charge is -2.12. The van der Waals surface area contributed by atoms with Crippen molar-refractivity contribution in [1.82, 2.24) is 4.98 Å². The van der Waals surface area contributed by atoms with Gasteiger partial charge in [-0.25, -0.2) is 0 Å². The Balaban J connectivity index is 1.87. The molecular formula is C10H15N3O. The number of aromatic nitrogens is 1. The minimum absolute atomic E-state index is 0.248. The maximum atomic E-state index is 9.62. The smallest absolute Gasteiger partial charge is 0.0740 e. The van der Waals surface area contributed by atoms with Crippen LogP contribution in [-0.4, -0.2) is 22.7 Å². The van der Waals surface area contributed by atoms with Crippen LogP contribution in [0.5, 0.6) is 0 Å². The van der Waals surface area contributed by atoms with Gasteiger partial charge in [0.1, 0.15) is 0 Å². The summed E-state index contributed by atoms with van der Waals surface area (Å²) in [6.45, 7) is 0.568. The Hall–Kier alpha value is -1.29. The van der Waals surface area contributed by atoms with Crippen molar-refractivity contribution in [3.05, 3.63) is 18.5 Å². The molecule has 1 aromatic heterocycles. The molecule has 1 aliphatic rings. The van der Waals surface area contributed by atoms with E-state index in [0.29, 0.717) is 18.2 Å². The molecule has 1 heterocycles. The molecule has 0 spiro atoms. The van der Waals surface area contributed by atoms with E-state index in [1.807, 2.05) is 6.07 Å². The van der Waals surface area contributed by atoms with Gasteiger partial charge in [-0.1, -0.05) is 0 Å². The van der Waals surface area contributed by atoms with Crippen LogP contribution in [0.25, 0.3) is 0 Å². The minimum atomic E-state index is -0.248. The fourth-order valence-corrected chi connectivity index (χ4v) is 1.43. The first kappa shape index (κ1) is 9.27. The molecule has 4 heteroatoms. The predicted octanol–water partition coefficient (Wildman–Crippen LogP) is 0.847. The summed E-state index contributed by atoms with van der Waals surface area (Å²) < 4.78 is 0. The average Bonchev–Trinajstić information content (AvgIpc) is 2.99. The molecule has 0 aromatic carbocycles. The van der Waals surface area contributed by atoms with E-state index in [9.17, 15) is 5.11 Å². The van der Waals surface area contributed by atoms with Gasteiger partial charge in [-0.15, -0.1) is 0 Å². The largest absolute Gasteiger partial charge is 0.396 e. The summed E-state index contributed by atoms with van der Waals surface area (Å²) in [6, 6.07) is 1.81. The Kier molecular flexibility index (Phi) is 2.54. The number of aliphatic hydroxyl groups is 1. The third-order valence-corrected chi connectivity index (χ3v) is 2.52. The molecular weight excluding hydrogens is 178 g/mol. The van der Waals surface area contributed by atoms with E-state index < -0.39 is 0 Å². The van der Waals surface area contributed by atoms with Crippen LogP contribution in [0.1, 0.15) is 12.8 Å². The molecule has 0 amide bonds. The summed E-state index contributed by atoms with van der Waals surface area (Å²) in [5, 5.41) is 12.7. The van der Waals surface area contributed by atoms with Gasteiger partial charge in [0.15, 0.2) is 0 Å². The molecule has 0 bridgehead atoms. The van der Waals surface area contributed by atoms with E-state index in [0.717, 1.165) is 18.5 Å². The lowest BCUT2D eigenvalue weighted by Crippen LogP contribution is -2.21. The van der Waals surface area contributed by atoms with Gasteiger partial charge in [0, 0.05) is 12.7 Å². The average molecular weight is 193 g/mol. The monoisotopic (exact) mass is 193 g/mol. The number of aliphatic hydroxyl groups excluding tert-OH is 1. The number of nitrogens with zero attached hydrogens (tertiary/aromatic N) is 1. The Morgan fingerprint density at radius 1 is 1.64 bits per heavy atom. The first-order chi connectivity index (χ1) is 6.77. The summed E-state index contributed by atoms with van der Waals surface area (Å²) in [4.78, 5) is 3.89. The standard InChI is InChI=1S/C10H15N3O/c11-8-5-12-4-3-9(8)13-6-10(14)7-1-2-7/h3-5,7,10,14H,1-2,6,11H2,(H,12,13). The Morgan fingerprint density at radius 3 is 3.07 bits per heavy atom. The van der Waals surface area contributed by atoms with Crippen molar-refractivity contribution in [2.24, 2.45) is 5.92 Å². The van der Waals surface area contributed by atoms with E-state index in [2.05, 4.69) is 10.3 Å². The van der Waals surface area contributed by atoms with Crippen LogP contribution in [0.3, 0.4) is 0 Å². The van der Waals surface area contributed by atoms with Gasteiger partial charge in [0.25, 0.3) is 0 Å². The van der Waals surface area contributed by atoms with Gasteiger partial charge in [0.05, 0.1) is 23.7 Å². The van der Waals surface area contributed by atoms with Gasteiger partial charge in [-0.2, -0.15) is 0 Å². The quantitative estimate of drug-likeness (QED) is 0.663. The highest BCUT2D eigenvalue weighted by Gasteiger charge is 2.29. The predicted molar refractivity (Wildman–Crippen MR) is 55.9 cm³/mol. The fourth-order valence-electron chi connectivity index (χ4n) is 1.43. The molecule has 0 saturated heterocycles. The Morgan fingerprint density at radius 2 is 2.43 bits per heavy atom. The van der Waals surface area contributed by atoms with Crippen LogP contribution in [0.4, 0.5) is 11.4 Å². The number of anilines is 2. The molecule has 76 valence electrons. The van der Waals surface area contributed by atoms with Crippen LogP contribution < -0.4 is 11.1 Å². The first-order valence-electron chi connectivity index (χ1n) is 4.89. The number of hydrogen-bond donors (Lipinski definition) is 3. The van der Waals surface area contributed by atoms with E-state index in [-0.39, 0.29) is 6.10 Å². The van der Waals surface area contributed by atoms with Crippen LogP contribution in [0, 0.1) is 5.92 Å². The third-order valence-electron chi connectivity index (χ3n) is 2.52. The fraction of sp³-hybridized carbons (Fsp3) is 0.500. The molecule has 4 N–H and O–H groups in total. The summed E-state index contributed by atoms with van der Waals surface area (Å²) >= 11 is 0. The summed E-state index contributed by atoms with van der Waals surface area (Å²) in [6.07, 6.45) is 5.33. The highest BCUT2D eigenvalue weighted by atomic mass is 16.3. The number of pyridine rings is 1. The molecule has 1 atom stereocenters.